The molecule has 1 aliphatic rings. The zero-order valence-corrected chi connectivity index (χ0v) is 8.55. The first-order valence-corrected chi connectivity index (χ1v) is 5.56. The summed E-state index contributed by atoms with van der Waals surface area (Å²) in [7, 11) is 0. The van der Waals surface area contributed by atoms with Crippen LogP contribution < -0.4 is 0 Å². The first-order valence-electron chi connectivity index (χ1n) is 4.57. The molecule has 1 fully saturated rings. The van der Waals surface area contributed by atoms with Crippen molar-refractivity contribution in [2.75, 3.05) is 5.75 Å². The minimum atomic E-state index is 0.703. The molecule has 2 heteroatoms. The van der Waals surface area contributed by atoms with Crippen LogP contribution in [-0.2, 0) is 6.54 Å². The highest BCUT2D eigenvalue weighted by Gasteiger charge is 2.21. The average Bonchev–Trinajstić information content (AvgIpc) is 2.17. The third-order valence-corrected chi connectivity index (χ3v) is 3.66. The van der Waals surface area contributed by atoms with Crippen molar-refractivity contribution < 1.29 is 0 Å². The third kappa shape index (κ3) is 2.13. The molecular weight excluding hydrogens is 178 g/mol. The summed E-state index contributed by atoms with van der Waals surface area (Å²) < 4.78 is 0. The highest BCUT2D eigenvalue weighted by molar-refractivity contribution is 8.16. The van der Waals surface area contributed by atoms with Gasteiger partial charge in [-0.1, -0.05) is 37.3 Å². The van der Waals surface area contributed by atoms with Crippen LogP contribution in [0, 0.1) is 5.92 Å². The van der Waals surface area contributed by atoms with E-state index in [4.69, 9.17) is 0 Å². The molecule has 1 atom stereocenters. The predicted molar refractivity (Wildman–Crippen MR) is 59.2 cm³/mol. The number of benzene rings is 1. The minimum absolute atomic E-state index is 0.703. The normalized spacial score (nSPS) is 24.4. The van der Waals surface area contributed by atoms with Gasteiger partial charge in [0.25, 0.3) is 0 Å². The highest BCUT2D eigenvalue weighted by Crippen LogP contribution is 2.28. The molecule has 0 amide bonds. The van der Waals surface area contributed by atoms with Crippen molar-refractivity contribution in [3.63, 3.8) is 0 Å². The van der Waals surface area contributed by atoms with Gasteiger partial charge in [-0.15, -0.1) is 11.8 Å². The van der Waals surface area contributed by atoms with Crippen LogP contribution in [0.4, 0.5) is 0 Å². The van der Waals surface area contributed by atoms with Gasteiger partial charge in [0, 0.05) is 11.7 Å². The van der Waals surface area contributed by atoms with Gasteiger partial charge in [-0.3, -0.25) is 4.99 Å². The van der Waals surface area contributed by atoms with Crippen LogP contribution >= 0.6 is 11.8 Å². The molecular formula is C11H13NS. The molecule has 1 saturated heterocycles. The van der Waals surface area contributed by atoms with Gasteiger partial charge < -0.3 is 0 Å². The summed E-state index contributed by atoms with van der Waals surface area (Å²) in [5.74, 6) is 1.95. The van der Waals surface area contributed by atoms with Gasteiger partial charge in [-0.2, -0.15) is 0 Å². The second-order valence-corrected chi connectivity index (χ2v) is 4.39. The number of hydrogen-bond donors (Lipinski definition) is 0. The molecule has 0 radical (unpaired) electrons. The fourth-order valence-electron chi connectivity index (χ4n) is 1.28. The summed E-state index contributed by atoms with van der Waals surface area (Å²) in [6, 6.07) is 10.4. The Morgan fingerprint density at radius 1 is 1.38 bits per heavy atom. The minimum Gasteiger partial charge on any atom is -0.278 e. The second-order valence-electron chi connectivity index (χ2n) is 3.35. The summed E-state index contributed by atoms with van der Waals surface area (Å²) in [4.78, 5) is 4.56. The fourth-order valence-corrected chi connectivity index (χ4v) is 2.08. The van der Waals surface area contributed by atoms with Gasteiger partial charge in [0.2, 0.25) is 0 Å². The van der Waals surface area contributed by atoms with Gasteiger partial charge >= 0.3 is 0 Å². The van der Waals surface area contributed by atoms with E-state index in [0.29, 0.717) is 5.92 Å². The first kappa shape index (κ1) is 8.82. The molecule has 0 aliphatic carbocycles. The van der Waals surface area contributed by atoms with E-state index in [-0.39, 0.29) is 0 Å². The number of aliphatic imine (C=N–C) groups is 1. The van der Waals surface area contributed by atoms with Gasteiger partial charge in [-0.25, -0.2) is 0 Å². The van der Waals surface area contributed by atoms with E-state index < -0.39 is 0 Å². The topological polar surface area (TPSA) is 12.4 Å². The maximum Gasteiger partial charge on any atom is 0.0716 e. The van der Waals surface area contributed by atoms with E-state index in [1.165, 1.54) is 16.4 Å². The lowest BCUT2D eigenvalue weighted by Crippen LogP contribution is -2.21. The molecule has 0 bridgehead atoms. The van der Waals surface area contributed by atoms with Crippen molar-refractivity contribution >= 4 is 16.8 Å². The molecule has 0 spiro atoms. The van der Waals surface area contributed by atoms with Crippen LogP contribution in [0.2, 0.25) is 0 Å². The molecule has 0 N–H and O–H groups in total. The van der Waals surface area contributed by atoms with Gasteiger partial charge in [0.1, 0.15) is 0 Å². The van der Waals surface area contributed by atoms with E-state index in [0.717, 1.165) is 6.54 Å². The Labute approximate surface area is 83.3 Å². The van der Waals surface area contributed by atoms with E-state index in [2.05, 4.69) is 36.2 Å². The Morgan fingerprint density at radius 2 is 2.15 bits per heavy atom. The van der Waals surface area contributed by atoms with E-state index in [1.54, 1.807) is 0 Å². The lowest BCUT2D eigenvalue weighted by atomic mass is 10.2. The summed E-state index contributed by atoms with van der Waals surface area (Å²) in [6.07, 6.45) is 0. The average molecular weight is 191 g/mol. The fraction of sp³-hybridized carbons (Fsp3) is 0.364. The lowest BCUT2D eigenvalue weighted by molar-refractivity contribution is 0.875. The van der Waals surface area contributed by atoms with Crippen molar-refractivity contribution in [2.45, 2.75) is 13.5 Å². The standard InChI is InChI=1S/C11H13NS/c1-9-8-13-11(9)12-7-10-5-3-2-4-6-10/h2-6,9H,7-8H2,1H3. The van der Waals surface area contributed by atoms with Crippen LogP contribution in [0.3, 0.4) is 0 Å². The summed E-state index contributed by atoms with van der Waals surface area (Å²) in [5.41, 5.74) is 1.30. The SMILES string of the molecule is CC1CSC1=NCc1ccccc1. The van der Waals surface area contributed by atoms with Crippen LogP contribution in [0.15, 0.2) is 35.3 Å². The largest absolute Gasteiger partial charge is 0.278 e. The Kier molecular flexibility index (Phi) is 2.69. The van der Waals surface area contributed by atoms with Crippen LogP contribution in [0.25, 0.3) is 0 Å². The lowest BCUT2D eigenvalue weighted by Gasteiger charge is -2.23. The van der Waals surface area contributed by atoms with Crippen LogP contribution in [0.1, 0.15) is 12.5 Å². The Balaban J connectivity index is 1.96. The Hall–Kier alpha value is -0.760. The number of rotatable bonds is 2. The molecule has 13 heavy (non-hydrogen) atoms. The van der Waals surface area contributed by atoms with Gasteiger partial charge in [-0.05, 0) is 5.56 Å². The summed E-state index contributed by atoms with van der Waals surface area (Å²) in [5, 5.41) is 1.32. The smallest absolute Gasteiger partial charge is 0.0716 e. The van der Waals surface area contributed by atoms with Crippen molar-refractivity contribution in [1.82, 2.24) is 0 Å². The van der Waals surface area contributed by atoms with Crippen molar-refractivity contribution in [3.05, 3.63) is 35.9 Å². The molecule has 1 heterocycles. The molecule has 2 rings (SSSR count). The van der Waals surface area contributed by atoms with Crippen molar-refractivity contribution in [2.24, 2.45) is 10.9 Å². The Bertz CT molecular complexity index is 305. The van der Waals surface area contributed by atoms with Crippen molar-refractivity contribution in [3.8, 4) is 0 Å². The highest BCUT2D eigenvalue weighted by atomic mass is 32.2. The molecule has 1 nitrogen and oxygen atoms in total. The summed E-state index contributed by atoms with van der Waals surface area (Å²) in [6.45, 7) is 3.08. The second kappa shape index (κ2) is 3.97. The van der Waals surface area contributed by atoms with E-state index in [9.17, 15) is 0 Å². The Morgan fingerprint density at radius 3 is 2.69 bits per heavy atom. The number of nitrogens with zero attached hydrogens (tertiary/aromatic N) is 1. The van der Waals surface area contributed by atoms with Gasteiger partial charge in [0.05, 0.1) is 11.6 Å². The zero-order valence-electron chi connectivity index (χ0n) is 7.73. The van der Waals surface area contributed by atoms with Crippen LogP contribution in [0.5, 0.6) is 0 Å². The van der Waals surface area contributed by atoms with E-state index >= 15 is 0 Å². The maximum absolute atomic E-state index is 4.56. The maximum atomic E-state index is 4.56. The zero-order chi connectivity index (χ0) is 9.10. The molecule has 1 aliphatic heterocycles. The molecule has 0 saturated carbocycles. The molecule has 0 aromatic heterocycles. The number of hydrogen-bond acceptors (Lipinski definition) is 2. The number of thioether (sulfide) groups is 1. The molecule has 1 aromatic rings. The predicted octanol–water partition coefficient (Wildman–Crippen LogP) is 2.97. The van der Waals surface area contributed by atoms with E-state index in [1.807, 2.05) is 17.8 Å². The quantitative estimate of drug-likeness (QED) is 0.700. The van der Waals surface area contributed by atoms with Crippen LogP contribution in [-0.4, -0.2) is 10.8 Å². The first-order chi connectivity index (χ1) is 6.36. The third-order valence-electron chi connectivity index (χ3n) is 2.16. The summed E-state index contributed by atoms with van der Waals surface area (Å²) >= 11 is 1.88. The molecule has 68 valence electrons. The monoisotopic (exact) mass is 191 g/mol. The van der Waals surface area contributed by atoms with Gasteiger partial charge in [0.15, 0.2) is 0 Å². The van der Waals surface area contributed by atoms with Crippen molar-refractivity contribution in [1.29, 1.82) is 0 Å². The molecule has 1 aromatic carbocycles. The molecule has 1 unspecified atom stereocenters.